The molecule has 4 aromatic rings. The topological polar surface area (TPSA) is 91.1 Å². The van der Waals surface area contributed by atoms with E-state index < -0.39 is 0 Å². The van der Waals surface area contributed by atoms with E-state index in [0.29, 0.717) is 35.6 Å². The number of nitrogens with zero attached hydrogens (tertiary/aromatic N) is 2. The lowest BCUT2D eigenvalue weighted by Gasteiger charge is -2.24. The summed E-state index contributed by atoms with van der Waals surface area (Å²) in [7, 11) is 0. The van der Waals surface area contributed by atoms with Gasteiger partial charge in [-0.2, -0.15) is 0 Å². The molecule has 0 unspecified atom stereocenters. The van der Waals surface area contributed by atoms with Gasteiger partial charge in [0.25, 0.3) is 11.5 Å². The molecule has 30 heavy (non-hydrogen) atoms. The fourth-order valence-electron chi connectivity index (χ4n) is 4.00. The number of benzene rings is 2. The zero-order valence-corrected chi connectivity index (χ0v) is 16.4. The molecular weight excluding hydrogens is 380 g/mol. The maximum Gasteiger partial charge on any atom is 0.270 e. The van der Waals surface area contributed by atoms with Gasteiger partial charge >= 0.3 is 0 Å². The molecule has 1 fully saturated rings. The second kappa shape index (κ2) is 7.76. The number of hydrogen-bond donors (Lipinski definition) is 2. The minimum absolute atomic E-state index is 0.00879. The van der Waals surface area contributed by atoms with Crippen molar-refractivity contribution in [3.8, 4) is 0 Å². The molecule has 0 aliphatic carbocycles. The molecule has 0 spiro atoms. The van der Waals surface area contributed by atoms with Crippen molar-refractivity contribution in [1.82, 2.24) is 19.9 Å². The molecule has 0 bridgehead atoms. The van der Waals surface area contributed by atoms with Gasteiger partial charge in [-0.1, -0.05) is 30.3 Å². The van der Waals surface area contributed by atoms with E-state index in [1.807, 2.05) is 42.5 Å². The molecule has 2 aromatic carbocycles. The number of H-pyrrole nitrogens is 2. The van der Waals surface area contributed by atoms with Crippen molar-refractivity contribution in [3.63, 3.8) is 0 Å². The number of para-hydroxylation sites is 2. The van der Waals surface area contributed by atoms with E-state index in [1.165, 1.54) is 0 Å². The molecule has 1 aliphatic rings. The highest BCUT2D eigenvalue weighted by atomic mass is 16.5. The lowest BCUT2D eigenvalue weighted by atomic mass is 10.2. The van der Waals surface area contributed by atoms with Crippen LogP contribution in [0.4, 0.5) is 0 Å². The molecule has 7 nitrogen and oxygen atoms in total. The predicted octanol–water partition coefficient (Wildman–Crippen LogP) is 3.23. The van der Waals surface area contributed by atoms with Gasteiger partial charge in [0.2, 0.25) is 0 Å². The van der Waals surface area contributed by atoms with Crippen molar-refractivity contribution in [2.24, 2.45) is 0 Å². The van der Waals surface area contributed by atoms with Gasteiger partial charge in [-0.25, -0.2) is 4.98 Å². The van der Waals surface area contributed by atoms with Crippen LogP contribution in [-0.4, -0.2) is 45.0 Å². The Morgan fingerprint density at radius 1 is 1.13 bits per heavy atom. The van der Waals surface area contributed by atoms with Crippen molar-refractivity contribution in [2.45, 2.75) is 25.5 Å². The lowest BCUT2D eigenvalue weighted by molar-refractivity contribution is 0.0497. The molecule has 7 heteroatoms. The number of hydrogen-bond acceptors (Lipinski definition) is 4. The van der Waals surface area contributed by atoms with Gasteiger partial charge in [0.1, 0.15) is 11.5 Å². The van der Waals surface area contributed by atoms with Crippen molar-refractivity contribution in [2.75, 3.05) is 13.2 Å². The maximum absolute atomic E-state index is 13.4. The Kier molecular flexibility index (Phi) is 4.80. The van der Waals surface area contributed by atoms with Crippen molar-refractivity contribution < 1.29 is 9.53 Å². The summed E-state index contributed by atoms with van der Waals surface area (Å²) in [4.78, 5) is 38.1. The van der Waals surface area contributed by atoms with Crippen LogP contribution in [0.5, 0.6) is 0 Å². The van der Waals surface area contributed by atoms with Crippen LogP contribution < -0.4 is 5.56 Å². The summed E-state index contributed by atoms with van der Waals surface area (Å²) >= 11 is 0. The Bertz CT molecular complexity index is 1240. The smallest absolute Gasteiger partial charge is 0.270 e. The molecule has 1 atom stereocenters. The molecule has 0 radical (unpaired) electrons. The average molecular weight is 402 g/mol. The lowest BCUT2D eigenvalue weighted by Crippen LogP contribution is -2.38. The SMILES string of the molecule is O=C(c1cc2ccccc2[nH]1)N(Cc1nc2ccccc2c(=O)[nH]1)C[C@H]1CCCO1. The minimum Gasteiger partial charge on any atom is -0.376 e. The van der Waals surface area contributed by atoms with E-state index in [1.54, 1.807) is 17.0 Å². The van der Waals surface area contributed by atoms with E-state index in [0.717, 1.165) is 23.7 Å². The van der Waals surface area contributed by atoms with Gasteiger partial charge < -0.3 is 19.6 Å². The first kappa shape index (κ1) is 18.6. The number of nitrogens with one attached hydrogen (secondary N) is 2. The standard InChI is InChI=1S/C23H22N4O3/c28-22-17-8-2-4-10-19(17)25-21(26-22)14-27(13-16-7-5-11-30-16)23(29)20-12-15-6-1-3-9-18(15)24-20/h1-4,6,8-10,12,16,24H,5,7,11,13-14H2,(H,25,26,28)/t16-/m1/s1. The third-order valence-electron chi connectivity index (χ3n) is 5.50. The summed E-state index contributed by atoms with van der Waals surface area (Å²) in [6, 6.07) is 16.8. The Morgan fingerprint density at radius 2 is 1.97 bits per heavy atom. The van der Waals surface area contributed by atoms with E-state index in [4.69, 9.17) is 4.74 Å². The van der Waals surface area contributed by atoms with E-state index in [-0.39, 0.29) is 24.1 Å². The van der Waals surface area contributed by atoms with Gasteiger partial charge in [0.15, 0.2) is 0 Å². The van der Waals surface area contributed by atoms with Gasteiger partial charge in [0.05, 0.1) is 23.6 Å². The summed E-state index contributed by atoms with van der Waals surface area (Å²) in [6.07, 6.45) is 1.90. The number of carbonyl (C=O) groups is 1. The summed E-state index contributed by atoms with van der Waals surface area (Å²) < 4.78 is 5.76. The van der Waals surface area contributed by atoms with Crippen LogP contribution in [0, 0.1) is 0 Å². The van der Waals surface area contributed by atoms with E-state index in [9.17, 15) is 9.59 Å². The average Bonchev–Trinajstić information content (AvgIpc) is 3.42. The molecule has 0 saturated carbocycles. The maximum atomic E-state index is 13.4. The Morgan fingerprint density at radius 3 is 2.80 bits per heavy atom. The van der Waals surface area contributed by atoms with Crippen LogP contribution in [0.1, 0.15) is 29.2 Å². The Balaban J connectivity index is 1.48. The number of amides is 1. The monoisotopic (exact) mass is 402 g/mol. The van der Waals surface area contributed by atoms with Gasteiger partial charge in [0, 0.05) is 24.1 Å². The molecule has 1 aliphatic heterocycles. The highest BCUT2D eigenvalue weighted by Gasteiger charge is 2.25. The normalized spacial score (nSPS) is 16.3. The number of rotatable bonds is 5. The quantitative estimate of drug-likeness (QED) is 0.536. The third-order valence-corrected chi connectivity index (χ3v) is 5.50. The second-order valence-corrected chi connectivity index (χ2v) is 7.62. The number of ether oxygens (including phenoxy) is 1. The first-order chi connectivity index (χ1) is 14.7. The van der Waals surface area contributed by atoms with Gasteiger partial charge in [-0.05, 0) is 37.1 Å². The van der Waals surface area contributed by atoms with Gasteiger partial charge in [-0.3, -0.25) is 9.59 Å². The summed E-state index contributed by atoms with van der Waals surface area (Å²) in [6.45, 7) is 1.36. The predicted molar refractivity (Wildman–Crippen MR) is 114 cm³/mol. The molecular formula is C23H22N4O3. The molecule has 2 N–H and O–H groups in total. The van der Waals surface area contributed by atoms with Crippen LogP contribution in [0.25, 0.3) is 21.8 Å². The summed E-state index contributed by atoms with van der Waals surface area (Å²) in [5, 5.41) is 1.52. The minimum atomic E-state index is -0.203. The van der Waals surface area contributed by atoms with E-state index in [2.05, 4.69) is 15.0 Å². The molecule has 2 aromatic heterocycles. The number of fused-ring (bicyclic) bond motifs is 2. The van der Waals surface area contributed by atoms with Crippen molar-refractivity contribution >= 4 is 27.7 Å². The molecule has 1 saturated heterocycles. The first-order valence-electron chi connectivity index (χ1n) is 10.1. The molecule has 152 valence electrons. The zero-order valence-electron chi connectivity index (χ0n) is 16.4. The Labute approximate surface area is 172 Å². The van der Waals surface area contributed by atoms with Gasteiger partial charge in [-0.15, -0.1) is 0 Å². The largest absolute Gasteiger partial charge is 0.376 e. The van der Waals surface area contributed by atoms with Crippen LogP contribution in [0.3, 0.4) is 0 Å². The zero-order chi connectivity index (χ0) is 20.5. The Hall–Kier alpha value is -3.45. The number of aromatic amines is 2. The van der Waals surface area contributed by atoms with Crippen LogP contribution >= 0.6 is 0 Å². The molecule has 3 heterocycles. The molecule has 5 rings (SSSR count). The fourth-order valence-corrected chi connectivity index (χ4v) is 4.00. The van der Waals surface area contributed by atoms with Crippen LogP contribution in [0.15, 0.2) is 59.4 Å². The third kappa shape index (κ3) is 3.59. The fraction of sp³-hybridized carbons (Fsp3) is 0.261. The summed E-state index contributed by atoms with van der Waals surface area (Å²) in [5.41, 5.74) is 1.84. The second-order valence-electron chi connectivity index (χ2n) is 7.62. The van der Waals surface area contributed by atoms with Crippen LogP contribution in [0.2, 0.25) is 0 Å². The number of carbonyl (C=O) groups excluding carboxylic acids is 1. The number of aromatic nitrogens is 3. The first-order valence-corrected chi connectivity index (χ1v) is 10.1. The highest BCUT2D eigenvalue weighted by molar-refractivity contribution is 5.98. The summed E-state index contributed by atoms with van der Waals surface area (Å²) in [5.74, 6) is 0.318. The van der Waals surface area contributed by atoms with Crippen LogP contribution in [-0.2, 0) is 11.3 Å². The highest BCUT2D eigenvalue weighted by Crippen LogP contribution is 2.20. The van der Waals surface area contributed by atoms with Crippen molar-refractivity contribution in [1.29, 1.82) is 0 Å². The molecule has 1 amide bonds. The van der Waals surface area contributed by atoms with Crippen molar-refractivity contribution in [3.05, 3.63) is 76.5 Å². The van der Waals surface area contributed by atoms with E-state index >= 15 is 0 Å².